The Labute approximate surface area is 111 Å². The molecule has 0 aromatic carbocycles. The first-order valence-electron chi connectivity index (χ1n) is 7.51. The first-order chi connectivity index (χ1) is 8.42. The molecule has 18 heavy (non-hydrogen) atoms. The summed E-state index contributed by atoms with van der Waals surface area (Å²) in [5, 5.41) is 0. The molecule has 0 aromatic rings. The summed E-state index contributed by atoms with van der Waals surface area (Å²) in [6, 6.07) is 1.60. The average Bonchev–Trinajstić information content (AvgIpc) is 2.82. The van der Waals surface area contributed by atoms with E-state index in [0.29, 0.717) is 11.0 Å². The van der Waals surface area contributed by atoms with E-state index in [1.807, 2.05) is 0 Å². The second-order valence-electron chi connectivity index (χ2n) is 7.60. The van der Waals surface area contributed by atoms with Gasteiger partial charge in [-0.25, -0.2) is 0 Å². The summed E-state index contributed by atoms with van der Waals surface area (Å²) in [7, 11) is 0. The van der Waals surface area contributed by atoms with Crippen molar-refractivity contribution in [2.24, 2.45) is 5.41 Å². The van der Waals surface area contributed by atoms with Gasteiger partial charge in [-0.2, -0.15) is 0 Å². The first-order valence-corrected chi connectivity index (χ1v) is 7.51. The molecule has 2 aliphatic heterocycles. The minimum Gasteiger partial charge on any atom is -0.379 e. The van der Waals surface area contributed by atoms with E-state index < -0.39 is 0 Å². The van der Waals surface area contributed by atoms with Crippen LogP contribution in [0.15, 0.2) is 0 Å². The zero-order valence-electron chi connectivity index (χ0n) is 12.4. The topological polar surface area (TPSA) is 15.7 Å². The van der Waals surface area contributed by atoms with Gasteiger partial charge in [0.05, 0.1) is 13.2 Å². The van der Waals surface area contributed by atoms with Crippen molar-refractivity contribution < 1.29 is 4.74 Å². The third-order valence-corrected chi connectivity index (χ3v) is 5.08. The number of rotatable bonds is 2. The van der Waals surface area contributed by atoms with Crippen LogP contribution in [0.5, 0.6) is 0 Å². The standard InChI is InChI=1S/C15H28N2O/c1-12-9-15(11-16-5-7-18-8-6-16)10-13(15)17(12)14(2,3)4/h12-13H,5-11H2,1-4H3/t12?,13?,15-/m0/s1. The largest absolute Gasteiger partial charge is 0.379 e. The van der Waals surface area contributed by atoms with Gasteiger partial charge >= 0.3 is 0 Å². The zero-order valence-corrected chi connectivity index (χ0v) is 12.4. The van der Waals surface area contributed by atoms with Crippen LogP contribution in [0.4, 0.5) is 0 Å². The fourth-order valence-electron chi connectivity index (χ4n) is 4.50. The number of fused-ring (bicyclic) bond motifs is 1. The minimum atomic E-state index is 0.327. The molecule has 2 saturated heterocycles. The lowest BCUT2D eigenvalue weighted by Gasteiger charge is -2.37. The normalized spacial score (nSPS) is 42.0. The van der Waals surface area contributed by atoms with Gasteiger partial charge in [-0.05, 0) is 40.5 Å². The molecule has 0 radical (unpaired) electrons. The SMILES string of the molecule is CC1C[C@@]2(CN3CCOCC3)CC2N1C(C)(C)C. The molecule has 3 aliphatic rings. The quantitative estimate of drug-likeness (QED) is 0.747. The van der Waals surface area contributed by atoms with Gasteiger partial charge in [0, 0.05) is 42.7 Å². The summed E-state index contributed by atoms with van der Waals surface area (Å²) >= 11 is 0. The minimum absolute atomic E-state index is 0.327. The molecule has 1 aliphatic carbocycles. The second kappa shape index (κ2) is 4.19. The number of likely N-dealkylation sites (tertiary alicyclic amines) is 1. The van der Waals surface area contributed by atoms with E-state index in [1.165, 1.54) is 19.4 Å². The fraction of sp³-hybridized carbons (Fsp3) is 1.00. The summed E-state index contributed by atoms with van der Waals surface area (Å²) < 4.78 is 5.46. The highest BCUT2D eigenvalue weighted by atomic mass is 16.5. The van der Waals surface area contributed by atoms with Gasteiger partial charge < -0.3 is 4.74 Å². The number of hydrogen-bond donors (Lipinski definition) is 0. The van der Waals surface area contributed by atoms with E-state index in [4.69, 9.17) is 4.74 Å². The lowest BCUT2D eigenvalue weighted by atomic mass is 9.98. The van der Waals surface area contributed by atoms with Crippen molar-refractivity contribution in [1.29, 1.82) is 0 Å². The van der Waals surface area contributed by atoms with Gasteiger partial charge in [0.15, 0.2) is 0 Å². The van der Waals surface area contributed by atoms with Crippen LogP contribution in [-0.2, 0) is 4.74 Å². The first kappa shape index (κ1) is 12.9. The van der Waals surface area contributed by atoms with Crippen molar-refractivity contribution in [2.75, 3.05) is 32.8 Å². The van der Waals surface area contributed by atoms with Gasteiger partial charge in [-0.1, -0.05) is 0 Å². The summed E-state index contributed by atoms with van der Waals surface area (Å²) in [6.07, 6.45) is 2.82. The van der Waals surface area contributed by atoms with Crippen molar-refractivity contribution >= 4 is 0 Å². The number of hydrogen-bond acceptors (Lipinski definition) is 3. The van der Waals surface area contributed by atoms with Crippen LogP contribution in [0.1, 0.15) is 40.5 Å². The van der Waals surface area contributed by atoms with Crippen LogP contribution in [0.3, 0.4) is 0 Å². The Morgan fingerprint density at radius 3 is 2.39 bits per heavy atom. The summed E-state index contributed by atoms with van der Waals surface area (Å²) in [4.78, 5) is 5.40. The highest BCUT2D eigenvalue weighted by molar-refractivity contribution is 5.19. The van der Waals surface area contributed by atoms with Crippen LogP contribution in [0.25, 0.3) is 0 Å². The van der Waals surface area contributed by atoms with Crippen LogP contribution < -0.4 is 0 Å². The molecule has 3 rings (SSSR count). The molecule has 104 valence electrons. The Morgan fingerprint density at radius 2 is 1.83 bits per heavy atom. The maximum Gasteiger partial charge on any atom is 0.0594 e. The molecule has 3 heteroatoms. The molecule has 3 nitrogen and oxygen atoms in total. The van der Waals surface area contributed by atoms with E-state index in [1.54, 1.807) is 0 Å². The van der Waals surface area contributed by atoms with Crippen LogP contribution in [0.2, 0.25) is 0 Å². The Morgan fingerprint density at radius 1 is 1.17 bits per heavy atom. The van der Waals surface area contributed by atoms with Gasteiger partial charge in [-0.15, -0.1) is 0 Å². The fourth-order valence-corrected chi connectivity index (χ4v) is 4.50. The molecule has 0 N–H and O–H groups in total. The van der Waals surface area contributed by atoms with Gasteiger partial charge in [0.1, 0.15) is 0 Å². The number of morpholine rings is 1. The number of piperidine rings is 1. The monoisotopic (exact) mass is 252 g/mol. The molecule has 0 aromatic heterocycles. The van der Waals surface area contributed by atoms with E-state index in [9.17, 15) is 0 Å². The summed E-state index contributed by atoms with van der Waals surface area (Å²) in [5.74, 6) is 0. The summed E-state index contributed by atoms with van der Waals surface area (Å²) in [5.41, 5.74) is 0.942. The molecule has 1 saturated carbocycles. The smallest absolute Gasteiger partial charge is 0.0594 e. The Kier molecular flexibility index (Phi) is 3.00. The molecular formula is C15H28N2O. The van der Waals surface area contributed by atoms with Crippen molar-refractivity contribution in [3.63, 3.8) is 0 Å². The predicted octanol–water partition coefficient (Wildman–Crippen LogP) is 1.97. The van der Waals surface area contributed by atoms with Gasteiger partial charge in [0.25, 0.3) is 0 Å². The molecule has 0 spiro atoms. The summed E-state index contributed by atoms with van der Waals surface area (Å²) in [6.45, 7) is 15.0. The lowest BCUT2D eigenvalue weighted by Crippen LogP contribution is -2.45. The molecule has 0 amide bonds. The Hall–Kier alpha value is -0.120. The third kappa shape index (κ3) is 2.10. The van der Waals surface area contributed by atoms with E-state index >= 15 is 0 Å². The van der Waals surface area contributed by atoms with Crippen LogP contribution in [0, 0.1) is 5.41 Å². The van der Waals surface area contributed by atoms with E-state index in [0.717, 1.165) is 38.4 Å². The van der Waals surface area contributed by atoms with Crippen molar-refractivity contribution in [2.45, 2.75) is 58.2 Å². The van der Waals surface area contributed by atoms with E-state index in [-0.39, 0.29) is 0 Å². The maximum absolute atomic E-state index is 5.46. The number of ether oxygens (including phenoxy) is 1. The highest BCUT2D eigenvalue weighted by Gasteiger charge is 2.65. The Balaban J connectivity index is 1.65. The van der Waals surface area contributed by atoms with Gasteiger partial charge in [0.2, 0.25) is 0 Å². The highest BCUT2D eigenvalue weighted by Crippen LogP contribution is 2.61. The predicted molar refractivity (Wildman–Crippen MR) is 73.8 cm³/mol. The zero-order chi connectivity index (χ0) is 13.0. The Bertz CT molecular complexity index is 319. The molecular weight excluding hydrogens is 224 g/mol. The maximum atomic E-state index is 5.46. The van der Waals surface area contributed by atoms with Crippen molar-refractivity contribution in [1.82, 2.24) is 9.80 Å². The molecule has 2 unspecified atom stereocenters. The molecule has 3 atom stereocenters. The van der Waals surface area contributed by atoms with Crippen molar-refractivity contribution in [3.05, 3.63) is 0 Å². The van der Waals surface area contributed by atoms with Crippen molar-refractivity contribution in [3.8, 4) is 0 Å². The number of nitrogens with zero attached hydrogens (tertiary/aromatic N) is 2. The third-order valence-electron chi connectivity index (χ3n) is 5.08. The van der Waals surface area contributed by atoms with E-state index in [2.05, 4.69) is 37.5 Å². The second-order valence-corrected chi connectivity index (χ2v) is 7.60. The van der Waals surface area contributed by atoms with Crippen LogP contribution >= 0.6 is 0 Å². The molecule has 2 heterocycles. The molecule has 3 fully saturated rings. The van der Waals surface area contributed by atoms with Gasteiger partial charge in [-0.3, -0.25) is 9.80 Å². The molecule has 0 bridgehead atoms. The van der Waals surface area contributed by atoms with Crippen LogP contribution in [-0.4, -0.2) is 60.3 Å². The average molecular weight is 252 g/mol. The lowest BCUT2D eigenvalue weighted by molar-refractivity contribution is 0.0280.